The molecule has 2 heterocycles. The van der Waals surface area contributed by atoms with Gasteiger partial charge in [0, 0.05) is 51.0 Å². The topological polar surface area (TPSA) is 92.2 Å². The Balaban J connectivity index is 0.00000300. The van der Waals surface area contributed by atoms with Crippen LogP contribution in [0, 0.1) is 6.92 Å². The molecule has 29 heavy (non-hydrogen) atoms. The average Bonchev–Trinajstić information content (AvgIpc) is 3.26. The second-order valence-electron chi connectivity index (χ2n) is 6.70. The number of para-hydroxylation sites is 1. The molecule has 0 bridgehead atoms. The highest BCUT2D eigenvalue weighted by Gasteiger charge is 2.06. The zero-order chi connectivity index (χ0) is 19.8. The summed E-state index contributed by atoms with van der Waals surface area (Å²) in [5.41, 5.74) is 2.47. The summed E-state index contributed by atoms with van der Waals surface area (Å²) >= 11 is 0. The van der Waals surface area contributed by atoms with Gasteiger partial charge in [0.1, 0.15) is 12.4 Å². The third-order valence-corrected chi connectivity index (χ3v) is 4.74. The predicted octanol–water partition coefficient (Wildman–Crippen LogP) is 2.54. The van der Waals surface area contributed by atoms with Crippen LogP contribution < -0.4 is 10.6 Å². The summed E-state index contributed by atoms with van der Waals surface area (Å²) in [4.78, 5) is 7.99. The van der Waals surface area contributed by atoms with Crippen molar-refractivity contribution in [1.82, 2.24) is 30.4 Å². The molecule has 1 aromatic carbocycles. The monoisotopic (exact) mass is 511 g/mol. The van der Waals surface area contributed by atoms with Gasteiger partial charge in [0.2, 0.25) is 0 Å². The number of aliphatic imine (C=N–C) groups is 1. The molecule has 0 saturated heterocycles. The zero-order valence-electron chi connectivity index (χ0n) is 17.2. The molecule has 0 amide bonds. The number of H-pyrrole nitrogens is 1. The highest BCUT2D eigenvalue weighted by molar-refractivity contribution is 14.0. The van der Waals surface area contributed by atoms with Crippen LogP contribution in [0.25, 0.3) is 10.9 Å². The molecule has 3 N–H and O–H groups in total. The van der Waals surface area contributed by atoms with Gasteiger partial charge >= 0.3 is 0 Å². The average molecular weight is 511 g/mol. The van der Waals surface area contributed by atoms with Crippen molar-refractivity contribution in [3.05, 3.63) is 47.7 Å². The maximum absolute atomic E-state index is 5.12. The third kappa shape index (κ3) is 6.43. The van der Waals surface area contributed by atoms with E-state index in [-0.39, 0.29) is 24.0 Å². The van der Waals surface area contributed by atoms with E-state index in [2.05, 4.69) is 55.2 Å². The largest absolute Gasteiger partial charge is 0.385 e. The summed E-state index contributed by atoms with van der Waals surface area (Å²) in [6.45, 7) is 4.71. The minimum Gasteiger partial charge on any atom is -0.385 e. The number of ether oxygens (including phenoxy) is 1. The van der Waals surface area contributed by atoms with Crippen molar-refractivity contribution in [2.24, 2.45) is 12.0 Å². The van der Waals surface area contributed by atoms with Crippen molar-refractivity contribution in [2.75, 3.05) is 26.8 Å². The maximum Gasteiger partial charge on any atom is 0.191 e. The predicted molar refractivity (Wildman–Crippen MR) is 127 cm³/mol. The fraction of sp³-hybridized carbons (Fsp3) is 0.450. The highest BCUT2D eigenvalue weighted by Crippen LogP contribution is 2.17. The Labute approximate surface area is 188 Å². The molecule has 3 aromatic rings. The number of aromatic nitrogens is 4. The lowest BCUT2D eigenvalue weighted by molar-refractivity contribution is 0.195. The van der Waals surface area contributed by atoms with Crippen LogP contribution in [-0.2, 0) is 24.8 Å². The molecule has 9 heteroatoms. The van der Waals surface area contributed by atoms with Gasteiger partial charge in [-0.15, -0.1) is 34.2 Å². The molecule has 2 aromatic heterocycles. The van der Waals surface area contributed by atoms with Crippen molar-refractivity contribution in [2.45, 2.75) is 26.3 Å². The Morgan fingerprint density at radius 3 is 2.76 bits per heavy atom. The van der Waals surface area contributed by atoms with Crippen LogP contribution in [0.5, 0.6) is 0 Å². The van der Waals surface area contributed by atoms with Gasteiger partial charge < -0.3 is 24.9 Å². The SMILES string of the molecule is COCCCNC(=NCc1nnc(C)n1C)NCCc1c[nH]c2ccccc12.I. The summed E-state index contributed by atoms with van der Waals surface area (Å²) in [5, 5.41) is 16.3. The minimum atomic E-state index is 0. The first-order valence-electron chi connectivity index (χ1n) is 9.60. The number of aryl methyl sites for hydroxylation is 1. The lowest BCUT2D eigenvalue weighted by Gasteiger charge is -2.12. The Morgan fingerprint density at radius 2 is 2.00 bits per heavy atom. The molecule has 0 aliphatic heterocycles. The summed E-state index contributed by atoms with van der Waals surface area (Å²) in [6.07, 6.45) is 3.91. The number of benzene rings is 1. The zero-order valence-corrected chi connectivity index (χ0v) is 19.6. The van der Waals surface area contributed by atoms with Gasteiger partial charge in [0.15, 0.2) is 11.8 Å². The van der Waals surface area contributed by atoms with Crippen LogP contribution in [0.4, 0.5) is 0 Å². The highest BCUT2D eigenvalue weighted by atomic mass is 127. The van der Waals surface area contributed by atoms with Crippen molar-refractivity contribution in [3.8, 4) is 0 Å². The molecule has 0 unspecified atom stereocenters. The van der Waals surface area contributed by atoms with Crippen LogP contribution in [0.3, 0.4) is 0 Å². The van der Waals surface area contributed by atoms with E-state index in [1.54, 1.807) is 7.11 Å². The van der Waals surface area contributed by atoms with Crippen molar-refractivity contribution in [1.29, 1.82) is 0 Å². The van der Waals surface area contributed by atoms with E-state index in [0.29, 0.717) is 6.54 Å². The fourth-order valence-corrected chi connectivity index (χ4v) is 2.99. The van der Waals surface area contributed by atoms with Crippen LogP contribution in [0.1, 0.15) is 23.6 Å². The quantitative estimate of drug-likeness (QED) is 0.178. The van der Waals surface area contributed by atoms with E-state index in [0.717, 1.165) is 50.1 Å². The van der Waals surface area contributed by atoms with Gasteiger partial charge in [-0.3, -0.25) is 0 Å². The van der Waals surface area contributed by atoms with Crippen LogP contribution in [-0.4, -0.2) is 52.5 Å². The molecule has 0 aliphatic rings. The Bertz CT molecular complexity index is 919. The molecule has 0 atom stereocenters. The van der Waals surface area contributed by atoms with E-state index < -0.39 is 0 Å². The van der Waals surface area contributed by atoms with Gasteiger partial charge in [-0.1, -0.05) is 18.2 Å². The maximum atomic E-state index is 5.12. The number of methoxy groups -OCH3 is 1. The first-order valence-corrected chi connectivity index (χ1v) is 9.60. The Hall–Kier alpha value is -2.14. The van der Waals surface area contributed by atoms with E-state index in [9.17, 15) is 0 Å². The van der Waals surface area contributed by atoms with Gasteiger partial charge in [-0.25, -0.2) is 4.99 Å². The van der Waals surface area contributed by atoms with Crippen molar-refractivity contribution < 1.29 is 4.74 Å². The minimum absolute atomic E-state index is 0. The first kappa shape index (κ1) is 23.1. The Kier molecular flexibility index (Phi) is 9.39. The van der Waals surface area contributed by atoms with Crippen molar-refractivity contribution in [3.63, 3.8) is 0 Å². The summed E-state index contributed by atoms with van der Waals surface area (Å²) in [7, 11) is 3.67. The van der Waals surface area contributed by atoms with Gasteiger partial charge in [-0.2, -0.15) is 0 Å². The number of hydrogen-bond acceptors (Lipinski definition) is 4. The van der Waals surface area contributed by atoms with Crippen molar-refractivity contribution >= 4 is 40.8 Å². The standard InChI is InChI=1S/C20H29N7O.HI/c1-15-25-26-19(27(15)2)14-24-20(21-10-6-12-28-3)22-11-9-16-13-23-18-8-5-4-7-17(16)18;/h4-5,7-8,13,23H,6,9-12,14H2,1-3H3,(H2,21,22,24);1H. The number of nitrogens with one attached hydrogen (secondary N) is 3. The van der Waals surface area contributed by atoms with Gasteiger partial charge in [0.05, 0.1) is 0 Å². The second kappa shape index (κ2) is 11.8. The number of nitrogens with zero attached hydrogens (tertiary/aromatic N) is 4. The summed E-state index contributed by atoms with van der Waals surface area (Å²) < 4.78 is 7.07. The van der Waals surface area contributed by atoms with Crippen LogP contribution in [0.2, 0.25) is 0 Å². The smallest absolute Gasteiger partial charge is 0.191 e. The summed E-state index contributed by atoms with van der Waals surface area (Å²) in [6, 6.07) is 8.36. The number of halogens is 1. The molecule has 0 saturated carbocycles. The van der Waals surface area contributed by atoms with E-state index in [4.69, 9.17) is 4.74 Å². The molecule has 0 radical (unpaired) electrons. The van der Waals surface area contributed by atoms with E-state index in [1.165, 1.54) is 16.5 Å². The molecule has 3 rings (SSSR count). The molecule has 0 spiro atoms. The van der Waals surface area contributed by atoms with Crippen LogP contribution in [0.15, 0.2) is 35.5 Å². The number of guanidine groups is 1. The number of rotatable bonds is 9. The Morgan fingerprint density at radius 1 is 1.21 bits per heavy atom. The molecule has 0 aliphatic carbocycles. The molecule has 8 nitrogen and oxygen atoms in total. The van der Waals surface area contributed by atoms with E-state index in [1.807, 2.05) is 24.6 Å². The lowest BCUT2D eigenvalue weighted by atomic mass is 10.1. The number of hydrogen-bond donors (Lipinski definition) is 3. The normalized spacial score (nSPS) is 11.5. The lowest BCUT2D eigenvalue weighted by Crippen LogP contribution is -2.39. The number of fused-ring (bicyclic) bond motifs is 1. The fourth-order valence-electron chi connectivity index (χ4n) is 2.99. The third-order valence-electron chi connectivity index (χ3n) is 4.74. The summed E-state index contributed by atoms with van der Waals surface area (Å²) in [5.74, 6) is 2.50. The van der Waals surface area contributed by atoms with Gasteiger partial charge in [-0.05, 0) is 31.4 Å². The van der Waals surface area contributed by atoms with Gasteiger partial charge in [0.25, 0.3) is 0 Å². The van der Waals surface area contributed by atoms with E-state index >= 15 is 0 Å². The molecule has 158 valence electrons. The first-order chi connectivity index (χ1) is 13.7. The second-order valence-corrected chi connectivity index (χ2v) is 6.70. The molecular weight excluding hydrogens is 481 g/mol. The van der Waals surface area contributed by atoms with Crippen LogP contribution >= 0.6 is 24.0 Å². The number of aromatic amines is 1. The molecular formula is C20H30IN7O. The molecule has 0 fully saturated rings.